The molecule has 0 spiro atoms. The monoisotopic (exact) mass is 237 g/mol. The van der Waals surface area contributed by atoms with Gasteiger partial charge < -0.3 is 15.7 Å². The quantitative estimate of drug-likeness (QED) is 0.776. The van der Waals surface area contributed by atoms with E-state index >= 15 is 0 Å². The van der Waals surface area contributed by atoms with Crippen LogP contribution in [0, 0.1) is 0 Å². The fourth-order valence-corrected chi connectivity index (χ4v) is 1.35. The van der Waals surface area contributed by atoms with Crippen molar-refractivity contribution in [1.82, 2.24) is 9.88 Å². The zero-order valence-electron chi connectivity index (χ0n) is 10.3. The molecule has 0 radical (unpaired) electrons. The topological polar surface area (TPSA) is 79.5 Å². The lowest BCUT2D eigenvalue weighted by atomic mass is 10.2. The molecule has 0 aliphatic heterocycles. The standard InChI is InChI=1S/C12H19N3O2/c1-9(16)5-6-15(2)12(17)11-4-3-10(7-13)8-14-11/h3-4,8-9,16H,5-7,13H2,1-2H3. The highest BCUT2D eigenvalue weighted by Crippen LogP contribution is 2.04. The first kappa shape index (κ1) is 13.6. The van der Waals surface area contributed by atoms with Crippen LogP contribution in [0.2, 0.25) is 0 Å². The van der Waals surface area contributed by atoms with Crippen LogP contribution in [-0.2, 0) is 6.54 Å². The maximum Gasteiger partial charge on any atom is 0.272 e. The van der Waals surface area contributed by atoms with Crippen molar-refractivity contribution in [3.63, 3.8) is 0 Å². The Morgan fingerprint density at radius 3 is 2.76 bits per heavy atom. The van der Waals surface area contributed by atoms with Crippen LogP contribution in [0.15, 0.2) is 18.3 Å². The molecule has 1 rings (SSSR count). The van der Waals surface area contributed by atoms with Crippen molar-refractivity contribution in [2.45, 2.75) is 26.0 Å². The lowest BCUT2D eigenvalue weighted by Crippen LogP contribution is -2.30. The minimum absolute atomic E-state index is 0.144. The third-order valence-corrected chi connectivity index (χ3v) is 2.51. The molecule has 1 aromatic rings. The molecule has 94 valence electrons. The number of nitrogens with two attached hydrogens (primary N) is 1. The maximum absolute atomic E-state index is 11.9. The molecule has 0 saturated heterocycles. The largest absolute Gasteiger partial charge is 0.393 e. The summed E-state index contributed by atoms with van der Waals surface area (Å²) in [5, 5.41) is 9.15. The van der Waals surface area contributed by atoms with E-state index in [4.69, 9.17) is 10.8 Å². The number of hydrogen-bond donors (Lipinski definition) is 2. The number of pyridine rings is 1. The summed E-state index contributed by atoms with van der Waals surface area (Å²) in [7, 11) is 1.70. The highest BCUT2D eigenvalue weighted by Gasteiger charge is 2.13. The van der Waals surface area contributed by atoms with Gasteiger partial charge in [-0.05, 0) is 25.0 Å². The van der Waals surface area contributed by atoms with E-state index < -0.39 is 6.10 Å². The molecule has 1 unspecified atom stereocenters. The van der Waals surface area contributed by atoms with Gasteiger partial charge in [-0.25, -0.2) is 0 Å². The molecule has 5 heteroatoms. The fraction of sp³-hybridized carbons (Fsp3) is 0.500. The number of hydrogen-bond acceptors (Lipinski definition) is 4. The molecule has 3 N–H and O–H groups in total. The van der Waals surface area contributed by atoms with Gasteiger partial charge in [-0.15, -0.1) is 0 Å². The van der Waals surface area contributed by atoms with E-state index in [0.717, 1.165) is 5.56 Å². The van der Waals surface area contributed by atoms with Gasteiger partial charge in [-0.1, -0.05) is 6.07 Å². The van der Waals surface area contributed by atoms with E-state index in [0.29, 0.717) is 25.2 Å². The molecule has 1 atom stereocenters. The minimum atomic E-state index is -0.405. The lowest BCUT2D eigenvalue weighted by Gasteiger charge is -2.17. The Kier molecular flexibility index (Phi) is 5.06. The Morgan fingerprint density at radius 2 is 2.29 bits per heavy atom. The van der Waals surface area contributed by atoms with Crippen LogP contribution in [0.1, 0.15) is 29.4 Å². The van der Waals surface area contributed by atoms with Crippen molar-refractivity contribution in [1.29, 1.82) is 0 Å². The van der Waals surface area contributed by atoms with Gasteiger partial charge in [0.2, 0.25) is 0 Å². The molecule has 5 nitrogen and oxygen atoms in total. The number of carbonyl (C=O) groups is 1. The molecule has 0 aromatic carbocycles. The van der Waals surface area contributed by atoms with Gasteiger partial charge in [0, 0.05) is 26.3 Å². The van der Waals surface area contributed by atoms with Crippen LogP contribution >= 0.6 is 0 Å². The predicted octanol–water partition coefficient (Wildman–Crippen LogP) is 0.383. The van der Waals surface area contributed by atoms with Crippen LogP contribution in [-0.4, -0.2) is 40.6 Å². The van der Waals surface area contributed by atoms with E-state index in [1.54, 1.807) is 37.2 Å². The van der Waals surface area contributed by atoms with Crippen LogP contribution in [0.4, 0.5) is 0 Å². The molecule has 0 aliphatic rings. The number of amides is 1. The molecule has 1 amide bonds. The molecule has 1 aromatic heterocycles. The van der Waals surface area contributed by atoms with Gasteiger partial charge in [-0.3, -0.25) is 9.78 Å². The Hall–Kier alpha value is -1.46. The number of aliphatic hydroxyl groups excluding tert-OH is 1. The Labute approximate surface area is 101 Å². The van der Waals surface area contributed by atoms with Gasteiger partial charge in [0.05, 0.1) is 6.10 Å². The first-order chi connectivity index (χ1) is 8.04. The molecule has 0 fully saturated rings. The second-order valence-corrected chi connectivity index (χ2v) is 4.12. The second-order valence-electron chi connectivity index (χ2n) is 4.12. The zero-order chi connectivity index (χ0) is 12.8. The number of rotatable bonds is 5. The summed E-state index contributed by atoms with van der Waals surface area (Å²) in [6.45, 7) is 2.63. The number of carbonyl (C=O) groups excluding carboxylic acids is 1. The Morgan fingerprint density at radius 1 is 1.59 bits per heavy atom. The second kappa shape index (κ2) is 6.32. The first-order valence-electron chi connectivity index (χ1n) is 5.63. The van der Waals surface area contributed by atoms with Gasteiger partial charge in [0.1, 0.15) is 5.69 Å². The highest BCUT2D eigenvalue weighted by molar-refractivity contribution is 5.92. The summed E-state index contributed by atoms with van der Waals surface area (Å²) >= 11 is 0. The number of nitrogens with zero attached hydrogens (tertiary/aromatic N) is 2. The van der Waals surface area contributed by atoms with Crippen molar-refractivity contribution in [3.05, 3.63) is 29.6 Å². The summed E-state index contributed by atoms with van der Waals surface area (Å²) < 4.78 is 0. The number of aliphatic hydroxyl groups is 1. The summed E-state index contributed by atoms with van der Waals surface area (Å²) in [6.07, 6.45) is 1.76. The molecule has 0 saturated carbocycles. The molecule has 1 heterocycles. The molecule has 17 heavy (non-hydrogen) atoms. The van der Waals surface area contributed by atoms with Crippen LogP contribution < -0.4 is 5.73 Å². The highest BCUT2D eigenvalue weighted by atomic mass is 16.3. The average molecular weight is 237 g/mol. The maximum atomic E-state index is 11.9. The smallest absolute Gasteiger partial charge is 0.272 e. The van der Waals surface area contributed by atoms with E-state index in [-0.39, 0.29) is 5.91 Å². The predicted molar refractivity (Wildman–Crippen MR) is 65.4 cm³/mol. The molecule has 0 bridgehead atoms. The molecular formula is C12H19N3O2. The van der Waals surface area contributed by atoms with Crippen molar-refractivity contribution in [2.24, 2.45) is 5.73 Å². The third-order valence-electron chi connectivity index (χ3n) is 2.51. The first-order valence-corrected chi connectivity index (χ1v) is 5.63. The van der Waals surface area contributed by atoms with Gasteiger partial charge in [0.25, 0.3) is 5.91 Å². The van der Waals surface area contributed by atoms with Crippen LogP contribution in [0.3, 0.4) is 0 Å². The third kappa shape index (κ3) is 4.13. The van der Waals surface area contributed by atoms with Gasteiger partial charge in [0.15, 0.2) is 0 Å². The van der Waals surface area contributed by atoms with E-state index in [9.17, 15) is 4.79 Å². The van der Waals surface area contributed by atoms with E-state index in [2.05, 4.69) is 4.98 Å². The van der Waals surface area contributed by atoms with Crippen molar-refractivity contribution in [3.8, 4) is 0 Å². The summed E-state index contributed by atoms with van der Waals surface area (Å²) in [5.74, 6) is -0.144. The zero-order valence-corrected chi connectivity index (χ0v) is 10.3. The average Bonchev–Trinajstić information content (AvgIpc) is 2.35. The summed E-state index contributed by atoms with van der Waals surface area (Å²) in [6, 6.07) is 3.46. The van der Waals surface area contributed by atoms with Crippen LogP contribution in [0.25, 0.3) is 0 Å². The molecule has 0 aliphatic carbocycles. The Bertz CT molecular complexity index is 363. The Balaban J connectivity index is 2.61. The minimum Gasteiger partial charge on any atom is -0.393 e. The van der Waals surface area contributed by atoms with Crippen molar-refractivity contribution >= 4 is 5.91 Å². The SMILES string of the molecule is CC(O)CCN(C)C(=O)c1ccc(CN)cn1. The summed E-state index contributed by atoms with van der Waals surface area (Å²) in [4.78, 5) is 17.5. The normalized spacial score (nSPS) is 12.2. The van der Waals surface area contributed by atoms with Crippen molar-refractivity contribution < 1.29 is 9.90 Å². The summed E-state index contributed by atoms with van der Waals surface area (Å²) in [5.41, 5.74) is 6.75. The van der Waals surface area contributed by atoms with E-state index in [1.807, 2.05) is 0 Å². The van der Waals surface area contributed by atoms with Gasteiger partial charge >= 0.3 is 0 Å². The number of aromatic nitrogens is 1. The van der Waals surface area contributed by atoms with Gasteiger partial charge in [-0.2, -0.15) is 0 Å². The van der Waals surface area contributed by atoms with E-state index in [1.165, 1.54) is 0 Å². The van der Waals surface area contributed by atoms with Crippen LogP contribution in [0.5, 0.6) is 0 Å². The fourth-order valence-electron chi connectivity index (χ4n) is 1.35. The van der Waals surface area contributed by atoms with Crippen molar-refractivity contribution in [2.75, 3.05) is 13.6 Å². The lowest BCUT2D eigenvalue weighted by molar-refractivity contribution is 0.0763. The molecular weight excluding hydrogens is 218 g/mol.